The molecule has 1 aliphatic heterocycles. The number of hydrogen-bond donors (Lipinski definition) is 1. The fraction of sp³-hybridized carbons (Fsp3) is 0.467. The van der Waals surface area contributed by atoms with Crippen LogP contribution in [-0.2, 0) is 20.9 Å². The van der Waals surface area contributed by atoms with Gasteiger partial charge in [-0.05, 0) is 19.4 Å². The standard InChI is InChI=1S/C15H18N2O7/c1-10(16-12(6-7-18)8-14(16)19)24-15(20)23-9-11-4-2-3-5-13(11)17(21)22/h2-5,10,12,18H,6-9H2,1H3/t10-,12?/m0/s1. The molecule has 1 heterocycles. The number of nitrogens with zero attached hydrogens (tertiary/aromatic N) is 2. The molecule has 1 fully saturated rings. The molecule has 1 unspecified atom stereocenters. The van der Waals surface area contributed by atoms with Crippen LogP contribution in [0.1, 0.15) is 25.3 Å². The molecule has 130 valence electrons. The second kappa shape index (κ2) is 7.73. The lowest BCUT2D eigenvalue weighted by Crippen LogP contribution is -2.57. The predicted molar refractivity (Wildman–Crippen MR) is 80.8 cm³/mol. The van der Waals surface area contributed by atoms with E-state index in [0.29, 0.717) is 12.8 Å². The van der Waals surface area contributed by atoms with Crippen LogP contribution in [0.2, 0.25) is 0 Å². The molecule has 0 aliphatic carbocycles. The summed E-state index contributed by atoms with van der Waals surface area (Å²) in [5.41, 5.74) is 0.0876. The van der Waals surface area contributed by atoms with Crippen LogP contribution in [0.3, 0.4) is 0 Å². The average molecular weight is 338 g/mol. The van der Waals surface area contributed by atoms with Crippen LogP contribution < -0.4 is 0 Å². The molecule has 1 aliphatic rings. The van der Waals surface area contributed by atoms with Gasteiger partial charge in [0.1, 0.15) is 6.61 Å². The van der Waals surface area contributed by atoms with Gasteiger partial charge in [-0.1, -0.05) is 12.1 Å². The van der Waals surface area contributed by atoms with E-state index in [9.17, 15) is 19.7 Å². The van der Waals surface area contributed by atoms with Gasteiger partial charge in [-0.3, -0.25) is 14.9 Å². The Hall–Kier alpha value is -2.68. The molecular weight excluding hydrogens is 320 g/mol. The molecule has 1 N–H and O–H groups in total. The zero-order valence-electron chi connectivity index (χ0n) is 13.1. The number of rotatable bonds is 7. The van der Waals surface area contributed by atoms with E-state index >= 15 is 0 Å². The Balaban J connectivity index is 1.87. The third-order valence-electron chi connectivity index (χ3n) is 3.75. The topological polar surface area (TPSA) is 119 Å². The summed E-state index contributed by atoms with van der Waals surface area (Å²) in [6, 6.07) is 5.73. The first-order valence-corrected chi connectivity index (χ1v) is 7.41. The van der Waals surface area contributed by atoms with E-state index in [1.807, 2.05) is 0 Å². The van der Waals surface area contributed by atoms with Crippen LogP contribution >= 0.6 is 0 Å². The maximum Gasteiger partial charge on any atom is 0.510 e. The second-order valence-corrected chi connectivity index (χ2v) is 5.31. The predicted octanol–water partition coefficient (Wildman–Crippen LogP) is 1.58. The highest BCUT2D eigenvalue weighted by molar-refractivity contribution is 5.83. The van der Waals surface area contributed by atoms with Gasteiger partial charge < -0.3 is 19.5 Å². The largest absolute Gasteiger partial charge is 0.510 e. The van der Waals surface area contributed by atoms with Crippen LogP contribution in [0.25, 0.3) is 0 Å². The lowest BCUT2D eigenvalue weighted by molar-refractivity contribution is -0.385. The van der Waals surface area contributed by atoms with Crippen LogP contribution in [0.4, 0.5) is 10.5 Å². The van der Waals surface area contributed by atoms with E-state index in [1.165, 1.54) is 30.0 Å². The molecule has 2 atom stereocenters. The number of likely N-dealkylation sites (tertiary alicyclic amines) is 1. The third-order valence-corrected chi connectivity index (χ3v) is 3.75. The number of ether oxygens (including phenoxy) is 2. The summed E-state index contributed by atoms with van der Waals surface area (Å²) in [5.74, 6) is -0.174. The molecule has 2 rings (SSSR count). The fourth-order valence-electron chi connectivity index (χ4n) is 2.56. The Morgan fingerprint density at radius 2 is 2.21 bits per heavy atom. The van der Waals surface area contributed by atoms with Crippen molar-refractivity contribution in [2.75, 3.05) is 6.61 Å². The lowest BCUT2D eigenvalue weighted by Gasteiger charge is -2.43. The number of amides is 1. The molecule has 0 saturated carbocycles. The van der Waals surface area contributed by atoms with Crippen molar-refractivity contribution in [3.63, 3.8) is 0 Å². The molecule has 9 heteroatoms. The summed E-state index contributed by atoms with van der Waals surface area (Å²) in [7, 11) is 0. The molecule has 0 bridgehead atoms. The van der Waals surface area contributed by atoms with Crippen molar-refractivity contribution < 1.29 is 29.1 Å². The first-order valence-electron chi connectivity index (χ1n) is 7.41. The molecule has 9 nitrogen and oxygen atoms in total. The number of aliphatic hydroxyl groups excluding tert-OH is 1. The molecule has 0 radical (unpaired) electrons. The van der Waals surface area contributed by atoms with E-state index < -0.39 is 17.3 Å². The van der Waals surface area contributed by atoms with Gasteiger partial charge in [0, 0.05) is 25.1 Å². The minimum Gasteiger partial charge on any atom is -0.429 e. The first-order chi connectivity index (χ1) is 11.4. The Morgan fingerprint density at radius 3 is 2.83 bits per heavy atom. The summed E-state index contributed by atoms with van der Waals surface area (Å²) in [6.45, 7) is 1.15. The summed E-state index contributed by atoms with van der Waals surface area (Å²) < 4.78 is 9.90. The summed E-state index contributed by atoms with van der Waals surface area (Å²) in [6.07, 6.45) is -1.14. The molecule has 1 saturated heterocycles. The number of β-lactam (4-membered cyclic amide) rings is 1. The molecular formula is C15H18N2O7. The Labute approximate surface area is 137 Å². The van der Waals surface area contributed by atoms with E-state index in [4.69, 9.17) is 14.6 Å². The molecule has 1 amide bonds. The van der Waals surface area contributed by atoms with Gasteiger partial charge in [-0.25, -0.2) is 4.79 Å². The van der Waals surface area contributed by atoms with Gasteiger partial charge in [-0.15, -0.1) is 0 Å². The lowest BCUT2D eigenvalue weighted by atomic mass is 9.99. The van der Waals surface area contributed by atoms with Gasteiger partial charge in [0.15, 0.2) is 6.23 Å². The number of carbonyl (C=O) groups is 2. The second-order valence-electron chi connectivity index (χ2n) is 5.31. The smallest absolute Gasteiger partial charge is 0.429 e. The monoisotopic (exact) mass is 338 g/mol. The van der Waals surface area contributed by atoms with Crippen molar-refractivity contribution in [2.24, 2.45) is 0 Å². The third kappa shape index (κ3) is 3.99. The molecule has 24 heavy (non-hydrogen) atoms. The van der Waals surface area contributed by atoms with Crippen LogP contribution in [-0.4, -0.2) is 45.9 Å². The highest BCUT2D eigenvalue weighted by Gasteiger charge is 2.40. The van der Waals surface area contributed by atoms with Gasteiger partial charge >= 0.3 is 6.16 Å². The summed E-state index contributed by atoms with van der Waals surface area (Å²) in [4.78, 5) is 35.0. The number of nitro groups is 1. The number of aliphatic hydroxyl groups is 1. The van der Waals surface area contributed by atoms with E-state index in [2.05, 4.69) is 0 Å². The number of carbonyl (C=O) groups excluding carboxylic acids is 2. The van der Waals surface area contributed by atoms with Crippen molar-refractivity contribution in [1.29, 1.82) is 0 Å². The van der Waals surface area contributed by atoms with Crippen molar-refractivity contribution in [3.05, 3.63) is 39.9 Å². The van der Waals surface area contributed by atoms with E-state index in [1.54, 1.807) is 6.07 Å². The van der Waals surface area contributed by atoms with Crippen molar-refractivity contribution >= 4 is 17.7 Å². The van der Waals surface area contributed by atoms with Gasteiger partial charge in [0.25, 0.3) is 5.69 Å². The molecule has 0 aromatic heterocycles. The minimum absolute atomic E-state index is 0.0662. The van der Waals surface area contributed by atoms with Crippen molar-refractivity contribution in [2.45, 2.75) is 38.6 Å². The maximum absolute atomic E-state index is 11.7. The van der Waals surface area contributed by atoms with Crippen LogP contribution in [0.15, 0.2) is 24.3 Å². The number of hydrogen-bond acceptors (Lipinski definition) is 7. The number of nitro benzene ring substituents is 1. The van der Waals surface area contributed by atoms with Gasteiger partial charge in [-0.2, -0.15) is 0 Å². The average Bonchev–Trinajstić information content (AvgIpc) is 2.52. The number of para-hydroxylation sites is 1. The normalized spacial score (nSPS) is 17.8. The summed E-state index contributed by atoms with van der Waals surface area (Å²) >= 11 is 0. The zero-order chi connectivity index (χ0) is 17.7. The fourth-order valence-corrected chi connectivity index (χ4v) is 2.56. The highest BCUT2D eigenvalue weighted by Crippen LogP contribution is 2.25. The quantitative estimate of drug-likeness (QED) is 0.347. The Bertz CT molecular complexity index is 634. The van der Waals surface area contributed by atoms with Crippen molar-refractivity contribution in [1.82, 2.24) is 4.90 Å². The maximum atomic E-state index is 11.7. The first kappa shape index (κ1) is 17.7. The number of benzene rings is 1. The Morgan fingerprint density at radius 1 is 1.50 bits per heavy atom. The van der Waals surface area contributed by atoms with Gasteiger partial charge in [0.05, 0.1) is 10.5 Å². The van der Waals surface area contributed by atoms with Crippen LogP contribution in [0, 0.1) is 10.1 Å². The SMILES string of the molecule is C[C@H](OC(=O)OCc1ccccc1[N+](=O)[O-])N1C(=O)CC1CCO. The van der Waals surface area contributed by atoms with E-state index in [-0.39, 0.29) is 36.4 Å². The molecule has 0 spiro atoms. The Kier molecular flexibility index (Phi) is 5.69. The minimum atomic E-state index is -1.02. The van der Waals surface area contributed by atoms with Crippen LogP contribution in [0.5, 0.6) is 0 Å². The summed E-state index contributed by atoms with van der Waals surface area (Å²) in [5, 5.41) is 19.8. The van der Waals surface area contributed by atoms with Crippen molar-refractivity contribution in [3.8, 4) is 0 Å². The van der Waals surface area contributed by atoms with Gasteiger partial charge in [0.2, 0.25) is 5.91 Å². The zero-order valence-corrected chi connectivity index (χ0v) is 13.1. The highest BCUT2D eigenvalue weighted by atomic mass is 16.7. The molecule has 1 aromatic rings. The molecule has 1 aromatic carbocycles. The van der Waals surface area contributed by atoms with E-state index in [0.717, 1.165) is 0 Å².